The summed E-state index contributed by atoms with van der Waals surface area (Å²) >= 11 is 0. The summed E-state index contributed by atoms with van der Waals surface area (Å²) in [6.45, 7) is 1.65. The maximum absolute atomic E-state index is 13.5. The molecule has 2 N–H and O–H groups in total. The minimum Gasteiger partial charge on any atom is -0.464 e. The van der Waals surface area contributed by atoms with Gasteiger partial charge in [-0.25, -0.2) is 13.6 Å². The van der Waals surface area contributed by atoms with Crippen LogP contribution < -0.4 is 5.73 Å². The molecule has 1 aromatic carbocycles. The summed E-state index contributed by atoms with van der Waals surface area (Å²) in [7, 11) is 0. The molecule has 16 heavy (non-hydrogen) atoms. The van der Waals surface area contributed by atoms with Gasteiger partial charge in [0.2, 0.25) is 6.17 Å². The number of hydrogen-bond acceptors (Lipinski definition) is 3. The maximum atomic E-state index is 13.5. The molecule has 0 aliphatic heterocycles. The van der Waals surface area contributed by atoms with Gasteiger partial charge in [-0.2, -0.15) is 0 Å². The van der Waals surface area contributed by atoms with Gasteiger partial charge in [0, 0.05) is 0 Å². The number of rotatable bonds is 4. The molecule has 0 fully saturated rings. The lowest BCUT2D eigenvalue weighted by atomic mass is 10.0. The van der Waals surface area contributed by atoms with Crippen molar-refractivity contribution < 1.29 is 18.3 Å². The quantitative estimate of drug-likeness (QED) is 0.800. The van der Waals surface area contributed by atoms with Gasteiger partial charge >= 0.3 is 5.97 Å². The molecule has 0 aliphatic carbocycles. The van der Waals surface area contributed by atoms with E-state index in [2.05, 4.69) is 4.74 Å². The average molecular weight is 229 g/mol. The van der Waals surface area contributed by atoms with Gasteiger partial charge in [0.25, 0.3) is 0 Å². The summed E-state index contributed by atoms with van der Waals surface area (Å²) in [4.78, 5) is 11.1. The molecular weight excluding hydrogens is 216 g/mol. The van der Waals surface area contributed by atoms with Gasteiger partial charge in [-0.3, -0.25) is 0 Å². The lowest BCUT2D eigenvalue weighted by molar-refractivity contribution is -0.149. The molecule has 0 aromatic heterocycles. The van der Waals surface area contributed by atoms with Crippen LogP contribution in [0.25, 0.3) is 0 Å². The predicted molar refractivity (Wildman–Crippen MR) is 54.9 cm³/mol. The largest absolute Gasteiger partial charge is 0.464 e. The fourth-order valence-corrected chi connectivity index (χ4v) is 1.25. The van der Waals surface area contributed by atoms with E-state index in [1.54, 1.807) is 6.92 Å². The van der Waals surface area contributed by atoms with E-state index in [4.69, 9.17) is 5.73 Å². The zero-order chi connectivity index (χ0) is 12.1. The number of carbonyl (C=O) groups is 1. The second-order valence-corrected chi connectivity index (χ2v) is 3.23. The first-order chi connectivity index (χ1) is 7.56. The highest BCUT2D eigenvalue weighted by Gasteiger charge is 2.27. The lowest BCUT2D eigenvalue weighted by Gasteiger charge is -2.15. The van der Waals surface area contributed by atoms with Crippen molar-refractivity contribution in [1.29, 1.82) is 0 Å². The molecule has 0 radical (unpaired) electrons. The maximum Gasteiger partial charge on any atom is 0.342 e. The topological polar surface area (TPSA) is 52.3 Å². The molecule has 88 valence electrons. The Morgan fingerprint density at radius 1 is 1.56 bits per heavy atom. The van der Waals surface area contributed by atoms with Crippen LogP contribution in [-0.2, 0) is 9.53 Å². The summed E-state index contributed by atoms with van der Waals surface area (Å²) < 4.78 is 30.8. The highest BCUT2D eigenvalue weighted by Crippen LogP contribution is 2.18. The van der Waals surface area contributed by atoms with Gasteiger partial charge in [0.1, 0.15) is 5.82 Å². The summed E-state index contributed by atoms with van der Waals surface area (Å²) in [6.07, 6.45) is -1.98. The summed E-state index contributed by atoms with van der Waals surface area (Å²) in [5.41, 5.74) is 5.72. The number of alkyl halides is 1. The lowest BCUT2D eigenvalue weighted by Crippen LogP contribution is -2.31. The van der Waals surface area contributed by atoms with Crippen LogP contribution in [0.5, 0.6) is 0 Å². The first-order valence-corrected chi connectivity index (χ1v) is 4.88. The molecule has 2 atom stereocenters. The van der Waals surface area contributed by atoms with Gasteiger partial charge in [0.05, 0.1) is 12.6 Å². The average Bonchev–Trinajstić information content (AvgIpc) is 2.27. The molecule has 3 nitrogen and oxygen atoms in total. The number of halogens is 2. The fourth-order valence-electron chi connectivity index (χ4n) is 1.25. The fraction of sp³-hybridized carbons (Fsp3) is 0.364. The summed E-state index contributed by atoms with van der Waals surface area (Å²) in [6, 6.07) is 3.96. The Labute approximate surface area is 92.2 Å². The Balaban J connectivity index is 2.77. The van der Waals surface area contributed by atoms with Crippen molar-refractivity contribution in [1.82, 2.24) is 0 Å². The van der Waals surface area contributed by atoms with Crippen LogP contribution in [0.3, 0.4) is 0 Å². The number of esters is 1. The molecule has 0 bridgehead atoms. The monoisotopic (exact) mass is 229 g/mol. The molecule has 1 aromatic rings. The van der Waals surface area contributed by atoms with E-state index in [1.165, 1.54) is 18.2 Å². The Morgan fingerprint density at radius 2 is 2.25 bits per heavy atom. The normalized spacial score (nSPS) is 14.2. The highest BCUT2D eigenvalue weighted by atomic mass is 19.1. The molecular formula is C11H13F2NO2. The molecule has 0 saturated heterocycles. The zero-order valence-corrected chi connectivity index (χ0v) is 8.82. The smallest absolute Gasteiger partial charge is 0.342 e. The van der Waals surface area contributed by atoms with Crippen LogP contribution in [0.1, 0.15) is 18.5 Å². The standard InChI is InChI=1S/C11H13F2NO2/c1-2-16-11(15)9(13)10(14)7-4-3-5-8(12)6-7/h3-6,9-10H,2,14H2,1H3/t9?,10-/m1/s1. The van der Waals surface area contributed by atoms with E-state index >= 15 is 0 Å². The Hall–Kier alpha value is -1.49. The van der Waals surface area contributed by atoms with E-state index in [-0.39, 0.29) is 12.2 Å². The SMILES string of the molecule is CCOC(=O)C(F)[C@H](N)c1cccc(F)c1. The van der Waals surface area contributed by atoms with Crippen LogP contribution in [0.15, 0.2) is 24.3 Å². The Bertz CT molecular complexity index is 371. The summed E-state index contributed by atoms with van der Waals surface area (Å²) in [5, 5.41) is 0. The number of carbonyl (C=O) groups excluding carboxylic acids is 1. The second kappa shape index (κ2) is 5.55. The molecule has 0 aliphatic rings. The van der Waals surface area contributed by atoms with E-state index < -0.39 is 24.0 Å². The second-order valence-electron chi connectivity index (χ2n) is 3.23. The number of nitrogens with two attached hydrogens (primary N) is 1. The molecule has 0 heterocycles. The van der Waals surface area contributed by atoms with Gasteiger partial charge in [-0.1, -0.05) is 12.1 Å². The van der Waals surface area contributed by atoms with E-state index in [0.717, 1.165) is 6.07 Å². The third-order valence-electron chi connectivity index (χ3n) is 2.06. The molecule has 0 amide bonds. The third-order valence-corrected chi connectivity index (χ3v) is 2.06. The van der Waals surface area contributed by atoms with Crippen molar-refractivity contribution in [2.45, 2.75) is 19.1 Å². The Kier molecular flexibility index (Phi) is 4.37. The van der Waals surface area contributed by atoms with Crippen LogP contribution in [0, 0.1) is 5.82 Å². The molecule has 0 saturated carbocycles. The molecule has 1 rings (SSSR count). The first kappa shape index (κ1) is 12.6. The number of benzene rings is 1. The van der Waals surface area contributed by atoms with Crippen LogP contribution >= 0.6 is 0 Å². The summed E-state index contributed by atoms with van der Waals surface area (Å²) in [5.74, 6) is -1.55. The zero-order valence-electron chi connectivity index (χ0n) is 8.82. The van der Waals surface area contributed by atoms with Crippen molar-refractivity contribution in [2.75, 3.05) is 6.61 Å². The van der Waals surface area contributed by atoms with Crippen LogP contribution in [0.4, 0.5) is 8.78 Å². The van der Waals surface area contributed by atoms with Crippen molar-refractivity contribution >= 4 is 5.97 Å². The third kappa shape index (κ3) is 3.00. The highest BCUT2D eigenvalue weighted by molar-refractivity contribution is 5.75. The van der Waals surface area contributed by atoms with Gasteiger partial charge in [0.15, 0.2) is 0 Å². The number of hydrogen-bond donors (Lipinski definition) is 1. The van der Waals surface area contributed by atoms with Gasteiger partial charge in [-0.05, 0) is 24.6 Å². The van der Waals surface area contributed by atoms with Crippen molar-refractivity contribution in [2.24, 2.45) is 5.73 Å². The van der Waals surface area contributed by atoms with E-state index in [1.807, 2.05) is 0 Å². The minimum absolute atomic E-state index is 0.0785. The molecule has 5 heteroatoms. The number of ether oxygens (including phenoxy) is 1. The van der Waals surface area contributed by atoms with Crippen LogP contribution in [0.2, 0.25) is 0 Å². The Morgan fingerprint density at radius 3 is 2.81 bits per heavy atom. The predicted octanol–water partition coefficient (Wildman–Crippen LogP) is 1.73. The van der Waals surface area contributed by atoms with Crippen molar-refractivity contribution in [3.8, 4) is 0 Å². The first-order valence-electron chi connectivity index (χ1n) is 4.88. The minimum atomic E-state index is -1.98. The molecule has 0 spiro atoms. The van der Waals surface area contributed by atoms with E-state index in [9.17, 15) is 13.6 Å². The van der Waals surface area contributed by atoms with Gasteiger partial charge < -0.3 is 10.5 Å². The van der Waals surface area contributed by atoms with Crippen molar-refractivity contribution in [3.05, 3.63) is 35.6 Å². The van der Waals surface area contributed by atoms with E-state index in [0.29, 0.717) is 0 Å². The molecule has 1 unspecified atom stereocenters. The van der Waals surface area contributed by atoms with Crippen molar-refractivity contribution in [3.63, 3.8) is 0 Å². The van der Waals surface area contributed by atoms with Crippen LogP contribution in [-0.4, -0.2) is 18.7 Å². The van der Waals surface area contributed by atoms with Gasteiger partial charge in [-0.15, -0.1) is 0 Å².